The van der Waals surface area contributed by atoms with Crippen molar-refractivity contribution in [2.45, 2.75) is 77.8 Å². The number of hydrogen-bond donors (Lipinski definition) is 1. The van der Waals surface area contributed by atoms with Crippen molar-refractivity contribution in [1.82, 2.24) is 0 Å². The summed E-state index contributed by atoms with van der Waals surface area (Å²) in [6, 6.07) is 22.2. The molecule has 3 aromatic rings. The molecule has 0 radical (unpaired) electrons. The molecule has 0 aliphatic carbocycles. The molecular weight excluding hydrogens is 520 g/mol. The van der Waals surface area contributed by atoms with Crippen LogP contribution in [0.25, 0.3) is 5.57 Å². The second-order valence-electron chi connectivity index (χ2n) is 13.1. The highest BCUT2D eigenvalue weighted by molar-refractivity contribution is 6.17. The Kier molecular flexibility index (Phi) is 6.95. The van der Waals surface area contributed by atoms with Crippen molar-refractivity contribution in [3.05, 3.63) is 101 Å². The standard InChI is InChI=1S/C37H40N2O3/c1-6-7-8-13-24-18-20-25(21-19-24)33(40)31-32(34(41)36(3,4)5)39-29-17-12-9-14-26(29)23(2)22-30(39)37(31)27-15-10-11-16-28(27)38-35(37)42/h9-12,14-22,30-32H,6-8,13H2,1-5H3,(H,38,42)/t30-,31-,32+,37-/m0/s1. The molecule has 5 nitrogen and oxygen atoms in total. The smallest absolute Gasteiger partial charge is 0.238 e. The topological polar surface area (TPSA) is 66.5 Å². The number of amides is 1. The fourth-order valence-corrected chi connectivity index (χ4v) is 7.43. The van der Waals surface area contributed by atoms with Crippen LogP contribution in [0.4, 0.5) is 11.4 Å². The van der Waals surface area contributed by atoms with Gasteiger partial charge in [-0.1, -0.05) is 107 Å². The van der Waals surface area contributed by atoms with Crippen molar-refractivity contribution in [2.75, 3.05) is 10.2 Å². The number of fused-ring (bicyclic) bond motifs is 6. The van der Waals surface area contributed by atoms with E-state index in [1.165, 1.54) is 12.0 Å². The van der Waals surface area contributed by atoms with Crippen molar-refractivity contribution in [1.29, 1.82) is 0 Å². The van der Waals surface area contributed by atoms with Crippen LogP contribution in [-0.4, -0.2) is 29.6 Å². The second kappa shape index (κ2) is 10.4. The summed E-state index contributed by atoms with van der Waals surface area (Å²) in [7, 11) is 0. The van der Waals surface area contributed by atoms with Gasteiger partial charge >= 0.3 is 0 Å². The maximum absolute atomic E-state index is 14.9. The van der Waals surface area contributed by atoms with Crippen molar-refractivity contribution >= 4 is 34.4 Å². The predicted molar refractivity (Wildman–Crippen MR) is 169 cm³/mol. The molecule has 3 aromatic carbocycles. The van der Waals surface area contributed by atoms with Gasteiger partial charge in [0.25, 0.3) is 0 Å². The molecule has 0 bridgehead atoms. The Morgan fingerprint density at radius 2 is 1.62 bits per heavy atom. The lowest BCUT2D eigenvalue weighted by molar-refractivity contribution is -0.128. The monoisotopic (exact) mass is 560 g/mol. The maximum Gasteiger partial charge on any atom is 0.238 e. The summed E-state index contributed by atoms with van der Waals surface area (Å²) in [4.78, 5) is 46.1. The lowest BCUT2D eigenvalue weighted by Crippen LogP contribution is -2.51. The highest BCUT2D eigenvalue weighted by Gasteiger charge is 2.71. The van der Waals surface area contributed by atoms with Crippen LogP contribution >= 0.6 is 0 Å². The van der Waals surface area contributed by atoms with Crippen molar-refractivity contribution < 1.29 is 14.4 Å². The maximum atomic E-state index is 14.9. The van der Waals surface area contributed by atoms with E-state index in [4.69, 9.17) is 0 Å². The molecule has 0 aromatic heterocycles. The van der Waals surface area contributed by atoms with Crippen LogP contribution in [0.5, 0.6) is 0 Å². The van der Waals surface area contributed by atoms with Gasteiger partial charge in [0.2, 0.25) is 5.91 Å². The van der Waals surface area contributed by atoms with E-state index in [0.29, 0.717) is 11.3 Å². The molecule has 1 spiro atoms. The molecule has 42 heavy (non-hydrogen) atoms. The number of nitrogens with one attached hydrogen (secondary N) is 1. The van der Waals surface area contributed by atoms with Gasteiger partial charge in [0.1, 0.15) is 11.5 Å². The molecule has 1 N–H and O–H groups in total. The normalized spacial score (nSPS) is 24.1. The van der Waals surface area contributed by atoms with E-state index in [0.717, 1.165) is 41.6 Å². The summed E-state index contributed by atoms with van der Waals surface area (Å²) in [5.41, 5.74) is 4.17. The molecular formula is C37H40N2O3. The van der Waals surface area contributed by atoms with Gasteiger partial charge in [-0.05, 0) is 48.6 Å². The Hall–Kier alpha value is -3.99. The molecule has 3 heterocycles. The first-order valence-electron chi connectivity index (χ1n) is 15.2. The molecule has 1 fully saturated rings. The summed E-state index contributed by atoms with van der Waals surface area (Å²) in [6.45, 7) is 9.95. The highest BCUT2D eigenvalue weighted by atomic mass is 16.2. The van der Waals surface area contributed by atoms with Gasteiger partial charge < -0.3 is 10.2 Å². The Labute approximate surface area is 249 Å². The number of benzene rings is 3. The van der Waals surface area contributed by atoms with Crippen LogP contribution < -0.4 is 10.2 Å². The van der Waals surface area contributed by atoms with Gasteiger partial charge in [-0.15, -0.1) is 0 Å². The van der Waals surface area contributed by atoms with Crippen LogP contribution in [0.15, 0.2) is 78.9 Å². The molecule has 216 valence electrons. The van der Waals surface area contributed by atoms with Gasteiger partial charge in [0.05, 0.1) is 12.0 Å². The fraction of sp³-hybridized carbons (Fsp3) is 0.378. The van der Waals surface area contributed by atoms with Crippen molar-refractivity contribution in [3.8, 4) is 0 Å². The quantitative estimate of drug-likeness (QED) is 0.242. The van der Waals surface area contributed by atoms with Gasteiger partial charge in [0.15, 0.2) is 11.6 Å². The average molecular weight is 561 g/mol. The van der Waals surface area contributed by atoms with E-state index in [2.05, 4.69) is 36.2 Å². The third-order valence-corrected chi connectivity index (χ3v) is 9.48. The van der Waals surface area contributed by atoms with Gasteiger partial charge in [-0.2, -0.15) is 0 Å². The molecule has 1 saturated heterocycles. The number of aryl methyl sites for hydroxylation is 1. The Balaban J connectivity index is 1.59. The first kappa shape index (κ1) is 28.1. The minimum Gasteiger partial charge on any atom is -0.352 e. The lowest BCUT2D eigenvalue weighted by Gasteiger charge is -2.39. The number of unbranched alkanes of at least 4 members (excludes halogenated alkanes) is 2. The summed E-state index contributed by atoms with van der Waals surface area (Å²) < 4.78 is 0. The molecule has 5 heteroatoms. The highest BCUT2D eigenvalue weighted by Crippen LogP contribution is 2.59. The average Bonchev–Trinajstić information content (AvgIpc) is 3.44. The number of carbonyl (C=O) groups is 3. The Morgan fingerprint density at radius 3 is 2.33 bits per heavy atom. The van der Waals surface area contributed by atoms with E-state index in [9.17, 15) is 14.4 Å². The molecule has 1 amide bonds. The summed E-state index contributed by atoms with van der Waals surface area (Å²) >= 11 is 0. The van der Waals surface area contributed by atoms with Crippen LogP contribution in [0.2, 0.25) is 0 Å². The largest absolute Gasteiger partial charge is 0.352 e. The number of allylic oxidation sites excluding steroid dienone is 1. The number of hydrogen-bond acceptors (Lipinski definition) is 4. The van der Waals surface area contributed by atoms with E-state index >= 15 is 0 Å². The van der Waals surface area contributed by atoms with E-state index in [1.807, 2.05) is 87.5 Å². The number of carbonyl (C=O) groups excluding carboxylic acids is 3. The van der Waals surface area contributed by atoms with Crippen LogP contribution in [0.1, 0.15) is 80.9 Å². The van der Waals surface area contributed by atoms with Gasteiger partial charge in [-0.3, -0.25) is 14.4 Å². The number of nitrogens with zero attached hydrogens (tertiary/aromatic N) is 1. The van der Waals surface area contributed by atoms with Crippen LogP contribution in [0, 0.1) is 11.3 Å². The summed E-state index contributed by atoms with van der Waals surface area (Å²) in [5.74, 6) is -1.35. The molecule has 0 unspecified atom stereocenters. The zero-order chi connectivity index (χ0) is 29.8. The summed E-state index contributed by atoms with van der Waals surface area (Å²) in [5, 5.41) is 3.12. The number of para-hydroxylation sites is 2. The summed E-state index contributed by atoms with van der Waals surface area (Å²) in [6.07, 6.45) is 6.50. The van der Waals surface area contributed by atoms with E-state index < -0.39 is 28.8 Å². The molecule has 4 atom stereocenters. The minimum atomic E-state index is -1.27. The zero-order valence-electron chi connectivity index (χ0n) is 25.2. The molecule has 6 rings (SSSR count). The first-order chi connectivity index (χ1) is 20.1. The zero-order valence-corrected chi connectivity index (χ0v) is 25.2. The van der Waals surface area contributed by atoms with Crippen molar-refractivity contribution in [3.63, 3.8) is 0 Å². The van der Waals surface area contributed by atoms with E-state index in [-0.39, 0.29) is 17.5 Å². The SMILES string of the molecule is CCCCCc1ccc(C(=O)[C@@H]2[C@H](C(=O)C(C)(C)C)N3c4ccccc4C(C)=C[C@H]3[C@]23C(=O)Nc2ccccc23)cc1. The number of anilines is 2. The van der Waals surface area contributed by atoms with Gasteiger partial charge in [-0.25, -0.2) is 0 Å². The predicted octanol–water partition coefficient (Wildman–Crippen LogP) is 7.40. The second-order valence-corrected chi connectivity index (χ2v) is 13.1. The number of Topliss-reactive ketones (excluding diaryl/α,β-unsaturated/α-hetero) is 2. The number of ketones is 2. The van der Waals surface area contributed by atoms with Crippen molar-refractivity contribution in [2.24, 2.45) is 11.3 Å². The minimum absolute atomic E-state index is 0.0427. The fourth-order valence-electron chi connectivity index (χ4n) is 7.43. The van der Waals surface area contributed by atoms with Gasteiger partial charge in [0, 0.05) is 27.9 Å². The lowest BCUT2D eigenvalue weighted by atomic mass is 9.63. The molecule has 0 saturated carbocycles. The van der Waals surface area contributed by atoms with E-state index in [1.54, 1.807) is 0 Å². The first-order valence-corrected chi connectivity index (χ1v) is 15.2. The van der Waals surface area contributed by atoms with Crippen LogP contribution in [0.3, 0.4) is 0 Å². The van der Waals surface area contributed by atoms with Crippen LogP contribution in [-0.2, 0) is 21.4 Å². The molecule has 3 aliphatic heterocycles. The Bertz CT molecular complexity index is 1600. The third kappa shape index (κ3) is 4.16. The Morgan fingerprint density at radius 1 is 0.929 bits per heavy atom. The molecule has 3 aliphatic rings. The third-order valence-electron chi connectivity index (χ3n) is 9.48. The number of rotatable bonds is 7.